The molecule has 9 nitrogen and oxygen atoms in total. The van der Waals surface area contributed by atoms with E-state index in [-0.39, 0.29) is 0 Å². The van der Waals surface area contributed by atoms with E-state index in [1.165, 1.54) is 5.56 Å². The molecule has 0 spiro atoms. The number of fused-ring (bicyclic) bond motifs is 1. The molecule has 0 saturated carbocycles. The lowest BCUT2D eigenvalue weighted by atomic mass is 9.98. The van der Waals surface area contributed by atoms with E-state index >= 15 is 0 Å². The van der Waals surface area contributed by atoms with Crippen LogP contribution in [0.15, 0.2) is 54.6 Å². The third kappa shape index (κ3) is 4.11. The number of tetrazole rings is 1. The number of ether oxygens (including phenoxy) is 1. The van der Waals surface area contributed by atoms with E-state index in [4.69, 9.17) is 14.7 Å². The fourth-order valence-electron chi connectivity index (χ4n) is 4.84. The van der Waals surface area contributed by atoms with Crippen molar-refractivity contribution in [3.05, 3.63) is 71.5 Å². The first-order chi connectivity index (χ1) is 17.7. The van der Waals surface area contributed by atoms with Crippen molar-refractivity contribution in [1.82, 2.24) is 35.2 Å². The first kappa shape index (κ1) is 22.4. The molecule has 4 heterocycles. The summed E-state index contributed by atoms with van der Waals surface area (Å²) in [4.78, 5) is 12.3. The van der Waals surface area contributed by atoms with E-state index < -0.39 is 0 Å². The van der Waals surface area contributed by atoms with Gasteiger partial charge in [-0.3, -0.25) is 0 Å². The number of aromatic nitrogens is 7. The Labute approximate surface area is 209 Å². The Morgan fingerprint density at radius 1 is 0.972 bits per heavy atom. The van der Waals surface area contributed by atoms with Gasteiger partial charge < -0.3 is 14.2 Å². The number of anilines is 1. The van der Waals surface area contributed by atoms with Crippen molar-refractivity contribution in [2.75, 3.05) is 31.2 Å². The smallest absolute Gasteiger partial charge is 0.205 e. The van der Waals surface area contributed by atoms with E-state index in [2.05, 4.69) is 80.3 Å². The average Bonchev–Trinajstić information content (AvgIpc) is 3.59. The third-order valence-corrected chi connectivity index (χ3v) is 6.73. The molecule has 182 valence electrons. The maximum Gasteiger partial charge on any atom is 0.205 e. The van der Waals surface area contributed by atoms with E-state index in [9.17, 15) is 0 Å². The lowest BCUT2D eigenvalue weighted by Crippen LogP contribution is -2.36. The average molecular weight is 481 g/mol. The molecule has 36 heavy (non-hydrogen) atoms. The van der Waals surface area contributed by atoms with Crippen LogP contribution < -0.4 is 4.90 Å². The number of aryl methyl sites for hydroxylation is 2. The van der Waals surface area contributed by atoms with Gasteiger partial charge in [-0.25, -0.2) is 9.97 Å². The van der Waals surface area contributed by atoms with Gasteiger partial charge in [0.2, 0.25) is 5.82 Å². The number of pyridine rings is 1. The molecule has 1 saturated heterocycles. The highest BCUT2D eigenvalue weighted by molar-refractivity contribution is 5.80. The molecule has 0 amide bonds. The Morgan fingerprint density at radius 2 is 1.75 bits per heavy atom. The van der Waals surface area contributed by atoms with Gasteiger partial charge >= 0.3 is 0 Å². The molecular formula is C27H28N8O. The first-order valence-electron chi connectivity index (χ1n) is 12.3. The van der Waals surface area contributed by atoms with Gasteiger partial charge in [-0.15, -0.1) is 10.2 Å². The molecule has 5 aromatic rings. The Morgan fingerprint density at radius 3 is 2.47 bits per heavy atom. The summed E-state index contributed by atoms with van der Waals surface area (Å²) in [5.41, 5.74) is 7.40. The van der Waals surface area contributed by atoms with Crippen LogP contribution >= 0.6 is 0 Å². The Balaban J connectivity index is 1.34. The Kier molecular flexibility index (Phi) is 5.90. The van der Waals surface area contributed by atoms with Gasteiger partial charge in [0.15, 0.2) is 5.65 Å². The van der Waals surface area contributed by atoms with Gasteiger partial charge in [-0.2, -0.15) is 5.21 Å². The number of benzene rings is 2. The number of H-pyrrole nitrogens is 1. The predicted molar refractivity (Wildman–Crippen MR) is 139 cm³/mol. The molecule has 2 aromatic carbocycles. The van der Waals surface area contributed by atoms with Gasteiger partial charge in [-0.1, -0.05) is 55.5 Å². The van der Waals surface area contributed by atoms with Crippen molar-refractivity contribution < 1.29 is 4.74 Å². The summed E-state index contributed by atoms with van der Waals surface area (Å²) in [5.74, 6) is 2.64. The zero-order valence-corrected chi connectivity index (χ0v) is 20.5. The molecule has 1 fully saturated rings. The number of imidazole rings is 1. The van der Waals surface area contributed by atoms with Crippen molar-refractivity contribution in [3.8, 4) is 22.5 Å². The van der Waals surface area contributed by atoms with Crippen LogP contribution in [0.5, 0.6) is 0 Å². The highest BCUT2D eigenvalue weighted by atomic mass is 16.5. The SMILES string of the molecule is CCc1nc2c(C)cc(N3CCOCC3)nc2n1Cc1ccc(-c2ccccc2-c2nn[nH]n2)cc1. The summed E-state index contributed by atoms with van der Waals surface area (Å²) in [5, 5.41) is 14.6. The minimum Gasteiger partial charge on any atom is -0.378 e. The minimum atomic E-state index is 0.588. The first-order valence-corrected chi connectivity index (χ1v) is 12.3. The summed E-state index contributed by atoms with van der Waals surface area (Å²) >= 11 is 0. The zero-order valence-electron chi connectivity index (χ0n) is 20.5. The van der Waals surface area contributed by atoms with Crippen LogP contribution in [0.3, 0.4) is 0 Å². The van der Waals surface area contributed by atoms with E-state index in [1.807, 2.05) is 18.2 Å². The normalized spacial score (nSPS) is 14.0. The van der Waals surface area contributed by atoms with Crippen LogP contribution in [0.4, 0.5) is 5.82 Å². The Bertz CT molecular complexity index is 1480. The molecule has 6 rings (SSSR count). The van der Waals surface area contributed by atoms with Crippen molar-refractivity contribution in [3.63, 3.8) is 0 Å². The van der Waals surface area contributed by atoms with Crippen LogP contribution in [0, 0.1) is 6.92 Å². The summed E-state index contributed by atoms with van der Waals surface area (Å²) in [6.07, 6.45) is 0.846. The van der Waals surface area contributed by atoms with Gasteiger partial charge in [0.1, 0.15) is 17.2 Å². The maximum atomic E-state index is 5.53. The second-order valence-corrected chi connectivity index (χ2v) is 9.01. The molecule has 0 aliphatic carbocycles. The zero-order chi connectivity index (χ0) is 24.5. The van der Waals surface area contributed by atoms with Crippen LogP contribution in [0.1, 0.15) is 23.9 Å². The van der Waals surface area contributed by atoms with Crippen molar-refractivity contribution in [1.29, 1.82) is 0 Å². The van der Waals surface area contributed by atoms with Crippen molar-refractivity contribution >= 4 is 17.0 Å². The van der Waals surface area contributed by atoms with Crippen molar-refractivity contribution in [2.45, 2.75) is 26.8 Å². The van der Waals surface area contributed by atoms with E-state index in [0.29, 0.717) is 12.4 Å². The van der Waals surface area contributed by atoms with Crippen molar-refractivity contribution in [2.24, 2.45) is 0 Å². The topological polar surface area (TPSA) is 97.6 Å². The summed E-state index contributed by atoms with van der Waals surface area (Å²) < 4.78 is 7.79. The molecule has 0 atom stereocenters. The van der Waals surface area contributed by atoms with E-state index in [1.54, 1.807) is 0 Å². The number of nitrogens with one attached hydrogen (secondary N) is 1. The monoisotopic (exact) mass is 480 g/mol. The van der Waals surface area contributed by atoms with E-state index in [0.717, 1.165) is 77.8 Å². The number of nitrogens with zero attached hydrogens (tertiary/aromatic N) is 7. The summed E-state index contributed by atoms with van der Waals surface area (Å²) in [6, 6.07) is 18.9. The van der Waals surface area contributed by atoms with Gasteiger partial charge in [0, 0.05) is 25.1 Å². The van der Waals surface area contributed by atoms with Gasteiger partial charge in [0.25, 0.3) is 0 Å². The molecule has 0 radical (unpaired) electrons. The van der Waals surface area contributed by atoms with Crippen LogP contribution in [0.25, 0.3) is 33.7 Å². The number of hydrogen-bond donors (Lipinski definition) is 1. The molecular weight excluding hydrogens is 452 g/mol. The highest BCUT2D eigenvalue weighted by Crippen LogP contribution is 2.30. The quantitative estimate of drug-likeness (QED) is 0.392. The summed E-state index contributed by atoms with van der Waals surface area (Å²) in [7, 11) is 0. The Hall–Kier alpha value is -4.11. The second-order valence-electron chi connectivity index (χ2n) is 9.01. The number of morpholine rings is 1. The molecule has 1 aliphatic rings. The van der Waals surface area contributed by atoms with Gasteiger partial charge in [-0.05, 0) is 40.5 Å². The fraction of sp³-hybridized carbons (Fsp3) is 0.296. The predicted octanol–water partition coefficient (Wildman–Crippen LogP) is 4.03. The molecule has 1 aliphatic heterocycles. The van der Waals surface area contributed by atoms with Crippen LogP contribution in [0.2, 0.25) is 0 Å². The second kappa shape index (κ2) is 9.50. The van der Waals surface area contributed by atoms with Crippen LogP contribution in [-0.4, -0.2) is 61.5 Å². The largest absolute Gasteiger partial charge is 0.378 e. The van der Waals surface area contributed by atoms with Crippen LogP contribution in [-0.2, 0) is 17.7 Å². The number of hydrogen-bond acceptors (Lipinski definition) is 7. The minimum absolute atomic E-state index is 0.588. The molecule has 0 bridgehead atoms. The standard InChI is InChI=1S/C27H28N8O/c1-3-23-28-25-18(2)16-24(34-12-14-36-15-13-34)29-27(25)35(23)17-19-8-10-20(11-9-19)21-6-4-5-7-22(21)26-30-32-33-31-26/h4-11,16H,3,12-15,17H2,1-2H3,(H,30,31,32,33). The number of aromatic amines is 1. The lowest BCUT2D eigenvalue weighted by molar-refractivity contribution is 0.122. The third-order valence-electron chi connectivity index (χ3n) is 6.73. The molecule has 0 unspecified atom stereocenters. The fourth-order valence-corrected chi connectivity index (χ4v) is 4.84. The summed E-state index contributed by atoms with van der Waals surface area (Å²) in [6.45, 7) is 8.18. The number of rotatable bonds is 6. The van der Waals surface area contributed by atoms with Gasteiger partial charge in [0.05, 0.1) is 19.8 Å². The molecule has 1 N–H and O–H groups in total. The lowest BCUT2D eigenvalue weighted by Gasteiger charge is -2.28. The molecule has 9 heteroatoms. The molecule has 3 aromatic heterocycles. The maximum absolute atomic E-state index is 5.53. The highest BCUT2D eigenvalue weighted by Gasteiger charge is 2.19.